The number of hydrogen-bond acceptors (Lipinski definition) is 6. The van der Waals surface area contributed by atoms with Crippen LogP contribution in [0.5, 0.6) is 0 Å². The van der Waals surface area contributed by atoms with Gasteiger partial charge in [-0.05, 0) is 36.8 Å². The van der Waals surface area contributed by atoms with Crippen LogP contribution in [0.25, 0.3) is 11.4 Å². The van der Waals surface area contributed by atoms with Crippen LogP contribution >= 0.6 is 11.6 Å². The molecule has 0 aliphatic rings. The average molecular weight is 356 g/mol. The minimum Gasteiger partial charge on any atom is -0.395 e. The SMILES string of the molecule is Cc1ccc(Nc2cc(-c3ccccn3)nc(NCCO)n2)c(Cl)c1. The number of halogens is 1. The maximum absolute atomic E-state index is 9.02. The second-order valence-electron chi connectivity index (χ2n) is 5.44. The van der Waals surface area contributed by atoms with Gasteiger partial charge in [-0.15, -0.1) is 0 Å². The van der Waals surface area contributed by atoms with Gasteiger partial charge in [0.2, 0.25) is 5.95 Å². The van der Waals surface area contributed by atoms with Gasteiger partial charge in [0.1, 0.15) is 5.82 Å². The van der Waals surface area contributed by atoms with E-state index in [0.717, 1.165) is 16.9 Å². The van der Waals surface area contributed by atoms with Crippen molar-refractivity contribution in [3.8, 4) is 11.4 Å². The van der Waals surface area contributed by atoms with E-state index in [-0.39, 0.29) is 6.61 Å². The first-order chi connectivity index (χ1) is 12.2. The van der Waals surface area contributed by atoms with Crippen molar-refractivity contribution in [2.45, 2.75) is 6.92 Å². The first kappa shape index (κ1) is 17.1. The summed E-state index contributed by atoms with van der Waals surface area (Å²) in [5, 5.41) is 15.8. The molecule has 2 aromatic heterocycles. The predicted octanol–water partition coefficient (Wildman–Crippen LogP) is 3.65. The van der Waals surface area contributed by atoms with Gasteiger partial charge in [-0.1, -0.05) is 23.7 Å². The summed E-state index contributed by atoms with van der Waals surface area (Å²) in [5.41, 5.74) is 3.24. The fourth-order valence-electron chi connectivity index (χ4n) is 2.26. The summed E-state index contributed by atoms with van der Waals surface area (Å²) in [6.45, 7) is 2.33. The number of aryl methyl sites for hydroxylation is 1. The largest absolute Gasteiger partial charge is 0.395 e. The number of anilines is 3. The Morgan fingerprint density at radius 3 is 2.68 bits per heavy atom. The molecule has 3 N–H and O–H groups in total. The first-order valence-electron chi connectivity index (χ1n) is 7.84. The van der Waals surface area contributed by atoms with E-state index in [1.807, 2.05) is 49.4 Å². The molecule has 0 atom stereocenters. The van der Waals surface area contributed by atoms with Crippen molar-refractivity contribution in [1.82, 2.24) is 15.0 Å². The van der Waals surface area contributed by atoms with Crippen LogP contribution in [-0.4, -0.2) is 33.2 Å². The Morgan fingerprint density at radius 2 is 1.96 bits per heavy atom. The molecule has 25 heavy (non-hydrogen) atoms. The van der Waals surface area contributed by atoms with Crippen LogP contribution in [0.2, 0.25) is 5.02 Å². The number of benzene rings is 1. The number of rotatable bonds is 6. The van der Waals surface area contributed by atoms with Gasteiger partial charge in [-0.2, -0.15) is 4.98 Å². The fraction of sp³-hybridized carbons (Fsp3) is 0.167. The van der Waals surface area contributed by atoms with Crippen molar-refractivity contribution < 1.29 is 5.11 Å². The van der Waals surface area contributed by atoms with Crippen molar-refractivity contribution in [3.63, 3.8) is 0 Å². The molecule has 0 aliphatic heterocycles. The Labute approximate surface area is 150 Å². The molecule has 128 valence electrons. The monoisotopic (exact) mass is 355 g/mol. The Kier molecular flexibility index (Phi) is 5.42. The minimum atomic E-state index is -0.0102. The molecule has 0 saturated carbocycles. The quantitative estimate of drug-likeness (QED) is 0.626. The molecule has 7 heteroatoms. The summed E-state index contributed by atoms with van der Waals surface area (Å²) in [7, 11) is 0. The van der Waals surface area contributed by atoms with E-state index in [4.69, 9.17) is 16.7 Å². The maximum atomic E-state index is 9.02. The van der Waals surface area contributed by atoms with E-state index in [9.17, 15) is 0 Å². The van der Waals surface area contributed by atoms with Crippen LogP contribution in [-0.2, 0) is 0 Å². The smallest absolute Gasteiger partial charge is 0.225 e. The summed E-state index contributed by atoms with van der Waals surface area (Å²) in [5.74, 6) is 0.991. The summed E-state index contributed by atoms with van der Waals surface area (Å²) in [6, 6.07) is 13.2. The highest BCUT2D eigenvalue weighted by Gasteiger charge is 2.09. The highest BCUT2D eigenvalue weighted by atomic mass is 35.5. The third-order valence-electron chi connectivity index (χ3n) is 3.44. The van der Waals surface area contributed by atoms with Crippen molar-refractivity contribution >= 4 is 29.1 Å². The highest BCUT2D eigenvalue weighted by molar-refractivity contribution is 6.33. The zero-order valence-corrected chi connectivity index (χ0v) is 14.5. The molecule has 6 nitrogen and oxygen atoms in total. The lowest BCUT2D eigenvalue weighted by molar-refractivity contribution is 0.311. The molecule has 0 saturated heterocycles. The van der Waals surface area contributed by atoms with Crippen LogP contribution in [0.3, 0.4) is 0 Å². The molecule has 3 rings (SSSR count). The topological polar surface area (TPSA) is 83.0 Å². The molecule has 2 heterocycles. The summed E-state index contributed by atoms with van der Waals surface area (Å²) >= 11 is 6.29. The molecule has 0 spiro atoms. The molecule has 0 unspecified atom stereocenters. The van der Waals surface area contributed by atoms with Gasteiger partial charge in [-0.25, -0.2) is 4.98 Å². The zero-order chi connectivity index (χ0) is 17.6. The molecule has 0 aliphatic carbocycles. The number of aliphatic hydroxyl groups is 1. The van der Waals surface area contributed by atoms with Crippen molar-refractivity contribution in [2.24, 2.45) is 0 Å². The summed E-state index contributed by atoms with van der Waals surface area (Å²) < 4.78 is 0. The fourth-order valence-corrected chi connectivity index (χ4v) is 2.55. The summed E-state index contributed by atoms with van der Waals surface area (Å²) in [6.07, 6.45) is 1.71. The zero-order valence-electron chi connectivity index (χ0n) is 13.7. The second kappa shape index (κ2) is 7.92. The van der Waals surface area contributed by atoms with E-state index in [1.165, 1.54) is 0 Å². The molecular weight excluding hydrogens is 338 g/mol. The number of nitrogens with one attached hydrogen (secondary N) is 2. The minimum absolute atomic E-state index is 0.0102. The lowest BCUT2D eigenvalue weighted by Gasteiger charge is -2.12. The molecular formula is C18H18ClN5O. The van der Waals surface area contributed by atoms with Gasteiger partial charge >= 0.3 is 0 Å². The van der Waals surface area contributed by atoms with Gasteiger partial charge < -0.3 is 15.7 Å². The maximum Gasteiger partial charge on any atom is 0.225 e. The Bertz CT molecular complexity index is 857. The Balaban J connectivity index is 1.96. The van der Waals surface area contributed by atoms with E-state index in [2.05, 4.69) is 25.6 Å². The lowest BCUT2D eigenvalue weighted by Crippen LogP contribution is -2.10. The predicted molar refractivity (Wildman–Crippen MR) is 100 cm³/mol. The number of pyridine rings is 1. The van der Waals surface area contributed by atoms with Crippen LogP contribution in [0.15, 0.2) is 48.7 Å². The normalized spacial score (nSPS) is 10.5. The van der Waals surface area contributed by atoms with Crippen LogP contribution in [0.4, 0.5) is 17.5 Å². The Morgan fingerprint density at radius 1 is 1.08 bits per heavy atom. The lowest BCUT2D eigenvalue weighted by atomic mass is 10.2. The van der Waals surface area contributed by atoms with Gasteiger partial charge in [0.15, 0.2) is 0 Å². The van der Waals surface area contributed by atoms with E-state index in [0.29, 0.717) is 29.0 Å². The van der Waals surface area contributed by atoms with E-state index in [1.54, 1.807) is 6.20 Å². The first-order valence-corrected chi connectivity index (χ1v) is 8.22. The number of aliphatic hydroxyl groups excluding tert-OH is 1. The van der Waals surface area contributed by atoms with Crippen molar-refractivity contribution in [1.29, 1.82) is 0 Å². The van der Waals surface area contributed by atoms with Crippen molar-refractivity contribution in [3.05, 3.63) is 59.2 Å². The van der Waals surface area contributed by atoms with Crippen LogP contribution in [0, 0.1) is 6.92 Å². The Hall–Kier alpha value is -2.70. The third-order valence-corrected chi connectivity index (χ3v) is 3.75. The second-order valence-corrected chi connectivity index (χ2v) is 5.84. The highest BCUT2D eigenvalue weighted by Crippen LogP contribution is 2.27. The number of aromatic nitrogens is 3. The van der Waals surface area contributed by atoms with Gasteiger partial charge in [0, 0.05) is 18.8 Å². The van der Waals surface area contributed by atoms with Crippen molar-refractivity contribution in [2.75, 3.05) is 23.8 Å². The standard InChI is InChI=1S/C18H18ClN5O/c1-12-5-6-14(13(19)10-12)22-17-11-16(15-4-2-3-7-20-15)23-18(24-17)21-8-9-25/h2-7,10-11,25H,8-9H2,1H3,(H2,21,22,23,24). The third kappa shape index (κ3) is 4.43. The van der Waals surface area contributed by atoms with Crippen LogP contribution in [0.1, 0.15) is 5.56 Å². The molecule has 0 amide bonds. The van der Waals surface area contributed by atoms with E-state index >= 15 is 0 Å². The number of hydrogen-bond donors (Lipinski definition) is 3. The summed E-state index contributed by atoms with van der Waals surface area (Å²) in [4.78, 5) is 13.2. The number of nitrogens with zero attached hydrogens (tertiary/aromatic N) is 3. The molecule has 0 bridgehead atoms. The molecule has 1 aromatic carbocycles. The van der Waals surface area contributed by atoms with Gasteiger partial charge in [-0.3, -0.25) is 4.98 Å². The van der Waals surface area contributed by atoms with Gasteiger partial charge in [0.25, 0.3) is 0 Å². The van der Waals surface area contributed by atoms with Gasteiger partial charge in [0.05, 0.1) is 28.7 Å². The van der Waals surface area contributed by atoms with Crippen LogP contribution < -0.4 is 10.6 Å². The van der Waals surface area contributed by atoms with E-state index < -0.39 is 0 Å². The molecule has 0 fully saturated rings. The molecule has 3 aromatic rings. The average Bonchev–Trinajstić information content (AvgIpc) is 2.63. The molecule has 0 radical (unpaired) electrons.